The van der Waals surface area contributed by atoms with Gasteiger partial charge in [-0.05, 0) is 133 Å². The Bertz CT molecular complexity index is 3160. The Morgan fingerprint density at radius 3 is 1.29 bits per heavy atom. The Kier molecular flexibility index (Phi) is 8.14. The van der Waals surface area contributed by atoms with E-state index >= 15 is 0 Å². The molecule has 0 saturated carbocycles. The van der Waals surface area contributed by atoms with Crippen LogP contribution >= 0.6 is 0 Å². The minimum atomic E-state index is -0.672. The summed E-state index contributed by atoms with van der Waals surface area (Å²) in [5, 5.41) is 15.5. The van der Waals surface area contributed by atoms with E-state index in [0.29, 0.717) is 28.1 Å². The van der Waals surface area contributed by atoms with Crippen molar-refractivity contribution in [3.05, 3.63) is 191 Å². The van der Waals surface area contributed by atoms with Gasteiger partial charge < -0.3 is 9.13 Å². The number of aromatic nitrogens is 2. The molecule has 58 heavy (non-hydrogen) atoms. The van der Waals surface area contributed by atoms with Crippen LogP contribution in [-0.2, 0) is 0 Å². The minimum Gasteiger partial charge on any atom is -0.308 e. The van der Waals surface area contributed by atoms with Crippen molar-refractivity contribution in [1.82, 2.24) is 9.13 Å². The first-order valence-electron chi connectivity index (χ1n) is 19.4. The first-order valence-corrected chi connectivity index (χ1v) is 19.4. The number of nitrogens with zero attached hydrogens (tertiary/aromatic N) is 3. The zero-order valence-corrected chi connectivity index (χ0v) is 32.5. The lowest BCUT2D eigenvalue weighted by Gasteiger charge is -2.18. The lowest BCUT2D eigenvalue weighted by molar-refractivity contribution is 0.584. The van der Waals surface area contributed by atoms with Gasteiger partial charge in [-0.2, -0.15) is 5.26 Å². The first kappa shape index (κ1) is 35.1. The van der Waals surface area contributed by atoms with E-state index in [1.165, 1.54) is 34.4 Å². The van der Waals surface area contributed by atoms with Gasteiger partial charge in [0.1, 0.15) is 23.3 Å². The van der Waals surface area contributed by atoms with Gasteiger partial charge in [0.05, 0.1) is 33.4 Å². The molecule has 2 aromatic heterocycles. The van der Waals surface area contributed by atoms with Crippen LogP contribution in [0.3, 0.4) is 0 Å². The van der Waals surface area contributed by atoms with Crippen molar-refractivity contribution in [3.63, 3.8) is 0 Å². The van der Waals surface area contributed by atoms with Crippen molar-refractivity contribution in [1.29, 1.82) is 5.26 Å². The summed E-state index contributed by atoms with van der Waals surface area (Å²) in [6.45, 7) is 8.47. The molecule has 0 fully saturated rings. The molecular formula is C53H37F2N3. The number of rotatable bonds is 5. The third kappa shape index (κ3) is 5.60. The summed E-state index contributed by atoms with van der Waals surface area (Å²) in [6.07, 6.45) is 0. The molecule has 0 aliphatic heterocycles. The van der Waals surface area contributed by atoms with E-state index in [0.717, 1.165) is 71.9 Å². The molecule has 0 bridgehead atoms. The number of nitriles is 1. The van der Waals surface area contributed by atoms with Crippen LogP contribution in [0.4, 0.5) is 8.78 Å². The van der Waals surface area contributed by atoms with Crippen LogP contribution in [-0.4, -0.2) is 9.13 Å². The van der Waals surface area contributed by atoms with Crippen molar-refractivity contribution < 1.29 is 8.78 Å². The smallest absolute Gasteiger partial charge is 0.126 e. The molecule has 10 aromatic rings. The molecule has 0 saturated heterocycles. The Morgan fingerprint density at radius 2 is 0.845 bits per heavy atom. The van der Waals surface area contributed by atoms with E-state index in [1.54, 1.807) is 0 Å². The van der Waals surface area contributed by atoms with Crippen molar-refractivity contribution in [2.75, 3.05) is 0 Å². The fourth-order valence-corrected chi connectivity index (χ4v) is 9.04. The molecular weight excluding hydrogens is 717 g/mol. The summed E-state index contributed by atoms with van der Waals surface area (Å²) in [4.78, 5) is 0. The van der Waals surface area contributed by atoms with Gasteiger partial charge in [-0.15, -0.1) is 0 Å². The molecule has 10 rings (SSSR count). The van der Waals surface area contributed by atoms with Gasteiger partial charge >= 0.3 is 0 Å². The Hall–Kier alpha value is -7.29. The normalized spacial score (nSPS) is 11.6. The standard InChI is InChI=1S/C53H37F2N3/c1-31-13-17-41(33(3)21-31)35-15-19-50-45(25-35)43-9-5-7-11-48(43)57(50)52-27-38(37-23-39(54)29-40(55)24-37)28-53(47(52)30-56)58-49-12-8-6-10-44(49)46-26-36(16-20-51(46)58)42-18-14-32(2)22-34(42)4/h5-29H,1-4H3. The van der Waals surface area contributed by atoms with Crippen LogP contribution < -0.4 is 0 Å². The summed E-state index contributed by atoms with van der Waals surface area (Å²) in [5.74, 6) is -1.34. The maximum atomic E-state index is 15.0. The van der Waals surface area contributed by atoms with Crippen molar-refractivity contribution in [2.45, 2.75) is 27.7 Å². The van der Waals surface area contributed by atoms with Gasteiger partial charge in [0, 0.05) is 27.6 Å². The minimum absolute atomic E-state index is 0.375. The van der Waals surface area contributed by atoms with Crippen LogP contribution in [0.25, 0.3) is 88.4 Å². The molecule has 8 aromatic carbocycles. The fraction of sp³-hybridized carbons (Fsp3) is 0.0755. The highest BCUT2D eigenvalue weighted by atomic mass is 19.1. The van der Waals surface area contributed by atoms with Gasteiger partial charge in [-0.1, -0.05) is 96.1 Å². The SMILES string of the molecule is Cc1ccc(-c2ccc3c(c2)c2ccccc2n3-c2cc(-c3cc(F)cc(F)c3)cc(-n3c4ccccc4c4cc(-c5ccc(C)cc5C)ccc43)c2C#N)c(C)c1. The maximum Gasteiger partial charge on any atom is 0.126 e. The van der Waals surface area contributed by atoms with E-state index in [4.69, 9.17) is 0 Å². The summed E-state index contributed by atoms with van der Waals surface area (Å²) in [6, 6.07) is 52.4. The van der Waals surface area contributed by atoms with Gasteiger partial charge in [-0.3, -0.25) is 0 Å². The number of aryl methyl sites for hydroxylation is 4. The van der Waals surface area contributed by atoms with Crippen molar-refractivity contribution in [3.8, 4) is 50.8 Å². The molecule has 0 spiro atoms. The molecule has 0 radical (unpaired) electrons. The number of para-hydroxylation sites is 2. The molecule has 0 N–H and O–H groups in total. The molecule has 0 unspecified atom stereocenters. The van der Waals surface area contributed by atoms with Crippen molar-refractivity contribution in [2.24, 2.45) is 0 Å². The average Bonchev–Trinajstić information content (AvgIpc) is 3.72. The number of hydrogen-bond acceptors (Lipinski definition) is 1. The summed E-state index contributed by atoms with van der Waals surface area (Å²) < 4.78 is 34.2. The van der Waals surface area contributed by atoms with Gasteiger partial charge in [0.2, 0.25) is 0 Å². The highest BCUT2D eigenvalue weighted by molar-refractivity contribution is 6.12. The van der Waals surface area contributed by atoms with Crippen LogP contribution in [0, 0.1) is 50.7 Å². The van der Waals surface area contributed by atoms with Gasteiger partial charge in [0.15, 0.2) is 0 Å². The molecule has 0 amide bonds. The molecule has 0 aliphatic carbocycles. The summed E-state index contributed by atoms with van der Waals surface area (Å²) >= 11 is 0. The lowest BCUT2D eigenvalue weighted by Crippen LogP contribution is -2.05. The highest BCUT2D eigenvalue weighted by Gasteiger charge is 2.23. The molecule has 2 heterocycles. The summed E-state index contributed by atoms with van der Waals surface area (Å²) in [7, 11) is 0. The van der Waals surface area contributed by atoms with Gasteiger partial charge in [0.25, 0.3) is 0 Å². The van der Waals surface area contributed by atoms with Crippen molar-refractivity contribution >= 4 is 43.6 Å². The van der Waals surface area contributed by atoms with Gasteiger partial charge in [-0.25, -0.2) is 8.78 Å². The Labute approximate surface area is 335 Å². The molecule has 5 heteroatoms. The molecule has 0 aliphatic rings. The largest absolute Gasteiger partial charge is 0.308 e. The number of fused-ring (bicyclic) bond motifs is 6. The Morgan fingerprint density at radius 1 is 0.414 bits per heavy atom. The monoisotopic (exact) mass is 753 g/mol. The van der Waals surface area contributed by atoms with E-state index < -0.39 is 11.6 Å². The van der Waals surface area contributed by atoms with Crippen LogP contribution in [0.15, 0.2) is 152 Å². The fourth-order valence-electron chi connectivity index (χ4n) is 9.04. The van der Waals surface area contributed by atoms with E-state index in [1.807, 2.05) is 36.4 Å². The average molecular weight is 754 g/mol. The van der Waals surface area contributed by atoms with Crippen LogP contribution in [0.5, 0.6) is 0 Å². The second kappa shape index (κ2) is 13.4. The number of hydrogen-bond donors (Lipinski definition) is 0. The lowest BCUT2D eigenvalue weighted by atomic mass is 9.97. The van der Waals surface area contributed by atoms with Crippen LogP contribution in [0.1, 0.15) is 27.8 Å². The second-order valence-electron chi connectivity index (χ2n) is 15.5. The molecule has 0 atom stereocenters. The maximum absolute atomic E-state index is 15.0. The van der Waals surface area contributed by atoms with E-state index in [-0.39, 0.29) is 0 Å². The second-order valence-corrected chi connectivity index (χ2v) is 15.5. The molecule has 278 valence electrons. The quantitative estimate of drug-likeness (QED) is 0.172. The van der Waals surface area contributed by atoms with E-state index in [9.17, 15) is 14.0 Å². The highest BCUT2D eigenvalue weighted by Crippen LogP contribution is 2.42. The number of halogens is 2. The topological polar surface area (TPSA) is 33.6 Å². The first-order chi connectivity index (χ1) is 28.2. The zero-order chi connectivity index (χ0) is 39.8. The zero-order valence-electron chi connectivity index (χ0n) is 32.5. The van der Waals surface area contributed by atoms with Crippen LogP contribution in [0.2, 0.25) is 0 Å². The predicted octanol–water partition coefficient (Wildman–Crippen LogP) is 14.3. The van der Waals surface area contributed by atoms with E-state index in [2.05, 4.69) is 140 Å². The number of benzene rings is 8. The predicted molar refractivity (Wildman–Crippen MR) is 235 cm³/mol. The Balaban J connectivity index is 1.30. The third-order valence-corrected chi connectivity index (χ3v) is 11.6. The third-order valence-electron chi connectivity index (χ3n) is 11.6. The molecule has 3 nitrogen and oxygen atoms in total. The summed E-state index contributed by atoms with van der Waals surface area (Å²) in [5.41, 5.74) is 15.6.